The Morgan fingerprint density at radius 2 is 1.74 bits per heavy atom. The number of carbonyl (C=O) groups is 1. The Bertz CT molecular complexity index is 1290. The Labute approximate surface area is 198 Å². The van der Waals surface area contributed by atoms with Gasteiger partial charge < -0.3 is 4.74 Å². The molecule has 4 aromatic rings. The Balaban J connectivity index is 1.78. The summed E-state index contributed by atoms with van der Waals surface area (Å²) in [6.45, 7) is 0. The molecule has 3 aromatic carbocycles. The summed E-state index contributed by atoms with van der Waals surface area (Å²) in [4.78, 5) is 16.9. The third-order valence-electron chi connectivity index (χ3n) is 4.89. The fraction of sp³-hybridized carbons (Fsp3) is 0.0800. The van der Waals surface area contributed by atoms with Crippen LogP contribution in [-0.2, 0) is 10.9 Å². The number of nitrogens with zero attached hydrogens (tertiary/aromatic N) is 3. The summed E-state index contributed by atoms with van der Waals surface area (Å²) in [5.41, 5.74) is 0.948. The Morgan fingerprint density at radius 3 is 2.35 bits per heavy atom. The minimum absolute atomic E-state index is 0.251. The van der Waals surface area contributed by atoms with Gasteiger partial charge >= 0.3 is 12.1 Å². The van der Waals surface area contributed by atoms with Crippen molar-refractivity contribution in [3.8, 4) is 0 Å². The maximum absolute atomic E-state index is 13.0. The number of rotatable bonds is 6. The number of hydrogen-bond acceptors (Lipinski definition) is 4. The lowest BCUT2D eigenvalue weighted by Gasteiger charge is -2.22. The van der Waals surface area contributed by atoms with E-state index < -0.39 is 23.8 Å². The molecule has 0 spiro atoms. The first-order valence-electron chi connectivity index (χ1n) is 10.1. The fourth-order valence-electron chi connectivity index (χ4n) is 3.26. The summed E-state index contributed by atoms with van der Waals surface area (Å²) in [5.74, 6) is -0.630. The summed E-state index contributed by atoms with van der Waals surface area (Å²) in [5, 5.41) is 4.53. The average Bonchev–Trinajstić information content (AvgIpc) is 3.36. The molecular formula is C25H17ClF3N3O2. The number of benzene rings is 3. The molecule has 9 heteroatoms. The quantitative estimate of drug-likeness (QED) is 0.292. The number of esters is 1. The van der Waals surface area contributed by atoms with E-state index in [1.807, 2.05) is 6.07 Å². The van der Waals surface area contributed by atoms with Gasteiger partial charge in [0.25, 0.3) is 0 Å². The molecule has 1 aromatic heterocycles. The third kappa shape index (κ3) is 5.52. The molecule has 0 saturated heterocycles. The van der Waals surface area contributed by atoms with Gasteiger partial charge in [-0.2, -0.15) is 18.3 Å². The molecule has 5 nitrogen and oxygen atoms in total. The summed E-state index contributed by atoms with van der Waals surface area (Å²) in [7, 11) is 0. The molecule has 0 N–H and O–H groups in total. The molecule has 0 aliphatic rings. The number of hydrogen-bond donors (Lipinski definition) is 0. The fourth-order valence-corrected chi connectivity index (χ4v) is 3.45. The lowest BCUT2D eigenvalue weighted by molar-refractivity contribution is -0.137. The SMILES string of the molecule is O=C(OC(/C(=C\c1ccc(C(F)(F)F)cc1)n1cncn1)c1ccccc1)c1cccc(Cl)c1. The number of halogens is 4. The molecule has 0 saturated carbocycles. The normalized spacial score (nSPS) is 12.9. The van der Waals surface area contributed by atoms with Crippen LogP contribution in [0.5, 0.6) is 0 Å². The highest BCUT2D eigenvalue weighted by atomic mass is 35.5. The molecule has 1 heterocycles. The van der Waals surface area contributed by atoms with E-state index in [4.69, 9.17) is 16.3 Å². The zero-order valence-corrected chi connectivity index (χ0v) is 18.2. The van der Waals surface area contributed by atoms with Gasteiger partial charge in [-0.3, -0.25) is 0 Å². The van der Waals surface area contributed by atoms with Crippen molar-refractivity contribution >= 4 is 29.3 Å². The zero-order valence-electron chi connectivity index (χ0n) is 17.5. The number of alkyl halides is 3. The van der Waals surface area contributed by atoms with Crippen LogP contribution in [0.4, 0.5) is 13.2 Å². The molecular weight excluding hydrogens is 467 g/mol. The molecule has 4 rings (SSSR count). The number of carbonyl (C=O) groups excluding carboxylic acids is 1. The largest absolute Gasteiger partial charge is 0.447 e. The highest BCUT2D eigenvalue weighted by Gasteiger charge is 2.30. The van der Waals surface area contributed by atoms with Crippen LogP contribution in [0.2, 0.25) is 5.02 Å². The summed E-state index contributed by atoms with van der Waals surface area (Å²) >= 11 is 6.02. The molecule has 1 unspecified atom stereocenters. The molecule has 0 radical (unpaired) electrons. The molecule has 0 bridgehead atoms. The van der Waals surface area contributed by atoms with E-state index in [-0.39, 0.29) is 5.56 Å². The first kappa shape index (κ1) is 23.3. The predicted molar refractivity (Wildman–Crippen MR) is 122 cm³/mol. The van der Waals surface area contributed by atoms with Crippen molar-refractivity contribution in [2.75, 3.05) is 0 Å². The Kier molecular flexibility index (Phi) is 6.79. The van der Waals surface area contributed by atoms with Gasteiger partial charge in [-0.25, -0.2) is 14.5 Å². The lowest BCUT2D eigenvalue weighted by atomic mass is 10.0. The first-order valence-corrected chi connectivity index (χ1v) is 10.4. The van der Waals surface area contributed by atoms with Gasteiger partial charge in [0.05, 0.1) is 16.8 Å². The highest BCUT2D eigenvalue weighted by Crippen LogP contribution is 2.33. The van der Waals surface area contributed by atoms with Crippen LogP contribution in [0, 0.1) is 0 Å². The van der Waals surface area contributed by atoms with Gasteiger partial charge in [-0.05, 0) is 47.5 Å². The van der Waals surface area contributed by atoms with Crippen molar-refractivity contribution in [2.45, 2.75) is 12.3 Å². The highest BCUT2D eigenvalue weighted by molar-refractivity contribution is 6.30. The van der Waals surface area contributed by atoms with E-state index in [0.29, 0.717) is 21.8 Å². The van der Waals surface area contributed by atoms with E-state index in [1.165, 1.54) is 35.5 Å². The number of ether oxygens (including phenoxy) is 1. The topological polar surface area (TPSA) is 57.0 Å². The van der Waals surface area contributed by atoms with Crippen LogP contribution >= 0.6 is 11.6 Å². The van der Waals surface area contributed by atoms with Crippen LogP contribution in [0.3, 0.4) is 0 Å². The second-order valence-electron chi connectivity index (χ2n) is 7.24. The van der Waals surface area contributed by atoms with E-state index in [0.717, 1.165) is 12.1 Å². The molecule has 0 aliphatic carbocycles. The average molecular weight is 484 g/mol. The van der Waals surface area contributed by atoms with Crippen LogP contribution in [0.1, 0.15) is 33.2 Å². The molecule has 0 fully saturated rings. The summed E-state index contributed by atoms with van der Waals surface area (Å²) < 4.78 is 46.2. The smallest absolute Gasteiger partial charge is 0.416 e. The van der Waals surface area contributed by atoms with E-state index in [2.05, 4.69) is 10.1 Å². The standard InChI is InChI=1S/C25H17ClF3N3O2/c26-21-8-4-7-19(14-21)24(33)34-23(18-5-2-1-3-6-18)22(32-16-30-15-31-32)13-17-9-11-20(12-10-17)25(27,28)29/h1-16,23H/b22-13+. The van der Waals surface area contributed by atoms with Gasteiger partial charge in [0.15, 0.2) is 6.10 Å². The van der Waals surface area contributed by atoms with Crippen molar-refractivity contribution in [3.05, 3.63) is 119 Å². The van der Waals surface area contributed by atoms with E-state index >= 15 is 0 Å². The van der Waals surface area contributed by atoms with Crippen LogP contribution in [0.25, 0.3) is 11.8 Å². The van der Waals surface area contributed by atoms with Crippen LogP contribution < -0.4 is 0 Å². The first-order chi connectivity index (χ1) is 16.3. The van der Waals surface area contributed by atoms with Crippen molar-refractivity contribution in [1.29, 1.82) is 0 Å². The summed E-state index contributed by atoms with van der Waals surface area (Å²) in [6, 6.07) is 19.9. The maximum Gasteiger partial charge on any atom is 0.416 e. The molecule has 34 heavy (non-hydrogen) atoms. The van der Waals surface area contributed by atoms with Gasteiger partial charge in [0.1, 0.15) is 12.7 Å². The van der Waals surface area contributed by atoms with Gasteiger partial charge in [0, 0.05) is 5.02 Å². The van der Waals surface area contributed by atoms with Crippen LogP contribution in [-0.4, -0.2) is 20.7 Å². The van der Waals surface area contributed by atoms with Crippen LogP contribution in [0.15, 0.2) is 91.5 Å². The molecule has 0 amide bonds. The Morgan fingerprint density at radius 1 is 1.00 bits per heavy atom. The predicted octanol–water partition coefficient (Wildman–Crippen LogP) is 6.55. The molecule has 0 aliphatic heterocycles. The van der Waals surface area contributed by atoms with Crippen molar-refractivity contribution in [3.63, 3.8) is 0 Å². The lowest BCUT2D eigenvalue weighted by Crippen LogP contribution is -2.17. The van der Waals surface area contributed by atoms with Crippen molar-refractivity contribution in [2.24, 2.45) is 0 Å². The van der Waals surface area contributed by atoms with E-state index in [9.17, 15) is 18.0 Å². The second kappa shape index (κ2) is 9.93. The van der Waals surface area contributed by atoms with Gasteiger partial charge in [0.2, 0.25) is 0 Å². The monoisotopic (exact) mass is 483 g/mol. The summed E-state index contributed by atoms with van der Waals surface area (Å²) in [6.07, 6.45) is -1.08. The van der Waals surface area contributed by atoms with E-state index in [1.54, 1.807) is 48.5 Å². The second-order valence-corrected chi connectivity index (χ2v) is 7.67. The minimum atomic E-state index is -4.45. The minimum Gasteiger partial charge on any atom is -0.447 e. The zero-order chi connectivity index (χ0) is 24.1. The number of aromatic nitrogens is 3. The van der Waals surface area contributed by atoms with Crippen molar-refractivity contribution < 1.29 is 22.7 Å². The van der Waals surface area contributed by atoms with Crippen molar-refractivity contribution in [1.82, 2.24) is 14.8 Å². The molecule has 1 atom stereocenters. The third-order valence-corrected chi connectivity index (χ3v) is 5.13. The van der Waals surface area contributed by atoms with Gasteiger partial charge in [-0.15, -0.1) is 0 Å². The maximum atomic E-state index is 13.0. The van der Waals surface area contributed by atoms with Gasteiger partial charge in [-0.1, -0.05) is 60.1 Å². The Hall–Kier alpha value is -3.91. The molecule has 172 valence electrons.